The average Bonchev–Trinajstić information content (AvgIpc) is 2.12. The van der Waals surface area contributed by atoms with E-state index in [2.05, 4.69) is 15.3 Å². The van der Waals surface area contributed by atoms with E-state index < -0.39 is 0 Å². The van der Waals surface area contributed by atoms with E-state index >= 15 is 0 Å². The number of carbonyl (C=O) groups excluding carboxylic acids is 1. The van der Waals surface area contributed by atoms with Crippen LogP contribution in [0.5, 0.6) is 0 Å². The zero-order valence-corrected chi connectivity index (χ0v) is 9.02. The van der Waals surface area contributed by atoms with E-state index in [1.54, 1.807) is 13.1 Å². The molecule has 1 aromatic heterocycles. The minimum Gasteiger partial charge on any atom is -0.368 e. The molecule has 1 aromatic rings. The first-order valence-electron chi connectivity index (χ1n) is 3.75. The highest BCUT2D eigenvalue weighted by atomic mass is 35.5. The van der Waals surface area contributed by atoms with E-state index in [-0.39, 0.29) is 22.8 Å². The topological polar surface area (TPSA) is 80.9 Å². The van der Waals surface area contributed by atoms with Crippen LogP contribution in [0.1, 0.15) is 0 Å². The van der Waals surface area contributed by atoms with Crippen LogP contribution in [0.2, 0.25) is 5.15 Å². The Hall–Kier alpha value is -1.01. The summed E-state index contributed by atoms with van der Waals surface area (Å²) >= 11 is 6.91. The highest BCUT2D eigenvalue weighted by molar-refractivity contribution is 7.99. The maximum absolute atomic E-state index is 10.9. The Morgan fingerprint density at radius 1 is 1.71 bits per heavy atom. The molecule has 76 valence electrons. The summed E-state index contributed by atoms with van der Waals surface area (Å²) in [6.45, 7) is 0. The summed E-state index contributed by atoms with van der Waals surface area (Å²) in [5.74, 6) is 0.309. The van der Waals surface area contributed by atoms with Gasteiger partial charge in [-0.15, -0.1) is 0 Å². The molecule has 3 N–H and O–H groups in total. The van der Waals surface area contributed by atoms with Gasteiger partial charge in [0.2, 0.25) is 11.9 Å². The molecule has 0 aromatic carbocycles. The highest BCUT2D eigenvalue weighted by Gasteiger charge is 2.04. The Bertz CT molecular complexity index is 326. The molecule has 1 amide bonds. The van der Waals surface area contributed by atoms with Crippen molar-refractivity contribution in [2.45, 2.75) is 5.03 Å². The summed E-state index contributed by atoms with van der Waals surface area (Å²) in [4.78, 5) is 18.5. The number of hydrogen-bond acceptors (Lipinski definition) is 5. The predicted octanol–water partition coefficient (Wildman–Crippen LogP) is 0.550. The zero-order chi connectivity index (χ0) is 10.6. The zero-order valence-electron chi connectivity index (χ0n) is 7.45. The SMILES string of the molecule is CNC(=O)CSc1cc(Cl)nc(N)n1. The third-order valence-corrected chi connectivity index (χ3v) is 2.42. The molecule has 0 saturated heterocycles. The van der Waals surface area contributed by atoms with Crippen LogP contribution in [0.3, 0.4) is 0 Å². The molecule has 0 unspecified atom stereocenters. The van der Waals surface area contributed by atoms with E-state index in [1.807, 2.05) is 0 Å². The van der Waals surface area contributed by atoms with Crippen LogP contribution >= 0.6 is 23.4 Å². The number of aromatic nitrogens is 2. The van der Waals surface area contributed by atoms with Gasteiger partial charge in [-0.05, 0) is 0 Å². The van der Waals surface area contributed by atoms with Gasteiger partial charge in [0.25, 0.3) is 0 Å². The number of nitrogens with zero attached hydrogens (tertiary/aromatic N) is 2. The third-order valence-electron chi connectivity index (χ3n) is 1.32. The molecule has 0 aliphatic heterocycles. The molecule has 5 nitrogen and oxygen atoms in total. The number of hydrogen-bond donors (Lipinski definition) is 2. The van der Waals surface area contributed by atoms with Crippen LogP contribution in [-0.2, 0) is 4.79 Å². The average molecular weight is 233 g/mol. The standard InChI is InChI=1S/C7H9ClN4OS/c1-10-5(13)3-14-6-2-4(8)11-7(9)12-6/h2H,3H2,1H3,(H,10,13)(H2,9,11,12). The Kier molecular flexibility index (Phi) is 3.97. The second-order valence-corrected chi connectivity index (χ2v) is 3.73. The van der Waals surface area contributed by atoms with Gasteiger partial charge in [-0.25, -0.2) is 9.97 Å². The van der Waals surface area contributed by atoms with E-state index in [1.165, 1.54) is 11.8 Å². The van der Waals surface area contributed by atoms with Crippen molar-refractivity contribution >= 4 is 35.2 Å². The van der Waals surface area contributed by atoms with Gasteiger partial charge in [0.05, 0.1) is 5.75 Å². The minimum absolute atomic E-state index is 0.0803. The van der Waals surface area contributed by atoms with Crippen molar-refractivity contribution in [1.29, 1.82) is 0 Å². The molecular formula is C7H9ClN4OS. The minimum atomic E-state index is -0.0803. The second kappa shape index (κ2) is 5.02. The van der Waals surface area contributed by atoms with Gasteiger partial charge in [0.15, 0.2) is 0 Å². The molecule has 0 aliphatic carbocycles. The van der Waals surface area contributed by atoms with Crippen molar-refractivity contribution < 1.29 is 4.79 Å². The van der Waals surface area contributed by atoms with Gasteiger partial charge in [-0.1, -0.05) is 23.4 Å². The fourth-order valence-corrected chi connectivity index (χ4v) is 1.73. The molecular weight excluding hydrogens is 224 g/mol. The van der Waals surface area contributed by atoms with Crippen molar-refractivity contribution in [2.75, 3.05) is 18.5 Å². The molecule has 1 heterocycles. The van der Waals surface area contributed by atoms with Crippen molar-refractivity contribution in [3.05, 3.63) is 11.2 Å². The molecule has 0 radical (unpaired) electrons. The van der Waals surface area contributed by atoms with Gasteiger partial charge in [0.1, 0.15) is 10.2 Å². The van der Waals surface area contributed by atoms with Crippen LogP contribution in [0.25, 0.3) is 0 Å². The number of amides is 1. The first-order chi connectivity index (χ1) is 6.61. The predicted molar refractivity (Wildman–Crippen MR) is 56.2 cm³/mol. The fourth-order valence-electron chi connectivity index (χ4n) is 0.699. The van der Waals surface area contributed by atoms with Gasteiger partial charge < -0.3 is 11.1 Å². The van der Waals surface area contributed by atoms with Crippen LogP contribution in [0, 0.1) is 0 Å². The molecule has 14 heavy (non-hydrogen) atoms. The molecule has 0 spiro atoms. The lowest BCUT2D eigenvalue weighted by molar-refractivity contribution is -0.118. The van der Waals surface area contributed by atoms with Crippen LogP contribution in [0.4, 0.5) is 5.95 Å². The second-order valence-electron chi connectivity index (χ2n) is 2.35. The normalized spacial score (nSPS) is 9.86. The van der Waals surface area contributed by atoms with Gasteiger partial charge >= 0.3 is 0 Å². The molecule has 0 saturated carbocycles. The summed E-state index contributed by atoms with van der Waals surface area (Å²) in [5.41, 5.74) is 5.38. The summed E-state index contributed by atoms with van der Waals surface area (Å²) < 4.78 is 0. The lowest BCUT2D eigenvalue weighted by Gasteiger charge is -2.01. The number of carbonyl (C=O) groups is 1. The molecule has 0 aliphatic rings. The van der Waals surface area contributed by atoms with E-state index in [0.717, 1.165) is 0 Å². The van der Waals surface area contributed by atoms with Crippen molar-refractivity contribution in [3.63, 3.8) is 0 Å². The summed E-state index contributed by atoms with van der Waals surface area (Å²) in [6.07, 6.45) is 0. The third kappa shape index (κ3) is 3.39. The Morgan fingerprint density at radius 2 is 2.43 bits per heavy atom. The smallest absolute Gasteiger partial charge is 0.230 e. The number of anilines is 1. The quantitative estimate of drug-likeness (QED) is 0.588. The first-order valence-corrected chi connectivity index (χ1v) is 5.11. The maximum Gasteiger partial charge on any atom is 0.230 e. The Morgan fingerprint density at radius 3 is 3.00 bits per heavy atom. The number of thioether (sulfide) groups is 1. The highest BCUT2D eigenvalue weighted by Crippen LogP contribution is 2.18. The molecule has 0 bridgehead atoms. The summed E-state index contributed by atoms with van der Waals surface area (Å²) in [5, 5.41) is 3.36. The van der Waals surface area contributed by atoms with Crippen molar-refractivity contribution in [2.24, 2.45) is 0 Å². The van der Waals surface area contributed by atoms with E-state index in [4.69, 9.17) is 17.3 Å². The molecule has 7 heteroatoms. The number of rotatable bonds is 3. The van der Waals surface area contributed by atoms with Crippen molar-refractivity contribution in [3.8, 4) is 0 Å². The number of nitrogens with two attached hydrogens (primary N) is 1. The van der Waals surface area contributed by atoms with E-state index in [9.17, 15) is 4.79 Å². The Labute approximate surface area is 90.4 Å². The van der Waals surface area contributed by atoms with Gasteiger partial charge in [0, 0.05) is 13.1 Å². The Balaban J connectivity index is 2.63. The lowest BCUT2D eigenvalue weighted by Crippen LogP contribution is -2.19. The summed E-state index contributed by atoms with van der Waals surface area (Å²) in [6, 6.07) is 1.56. The fraction of sp³-hybridized carbons (Fsp3) is 0.286. The van der Waals surface area contributed by atoms with E-state index in [0.29, 0.717) is 5.03 Å². The lowest BCUT2D eigenvalue weighted by atomic mass is 10.7. The van der Waals surface area contributed by atoms with Crippen LogP contribution < -0.4 is 11.1 Å². The molecule has 0 fully saturated rings. The maximum atomic E-state index is 10.9. The number of nitrogens with one attached hydrogen (secondary N) is 1. The summed E-state index contributed by atoms with van der Waals surface area (Å²) in [7, 11) is 1.57. The number of halogens is 1. The van der Waals surface area contributed by atoms with Gasteiger partial charge in [-0.2, -0.15) is 0 Å². The van der Waals surface area contributed by atoms with Crippen molar-refractivity contribution in [1.82, 2.24) is 15.3 Å². The monoisotopic (exact) mass is 232 g/mol. The van der Waals surface area contributed by atoms with Crippen LogP contribution in [0.15, 0.2) is 11.1 Å². The largest absolute Gasteiger partial charge is 0.368 e. The van der Waals surface area contributed by atoms with Gasteiger partial charge in [-0.3, -0.25) is 4.79 Å². The van der Waals surface area contributed by atoms with Crippen LogP contribution in [-0.4, -0.2) is 28.7 Å². The molecule has 0 atom stereocenters. The molecule has 1 rings (SSSR count). The number of nitrogen functional groups attached to an aromatic ring is 1. The first kappa shape index (κ1) is 11.1.